The van der Waals surface area contributed by atoms with E-state index in [-0.39, 0.29) is 0 Å². The smallest absolute Gasteiger partial charge is 0.0308 e. The number of hydrogen-bond donors (Lipinski definition) is 0. The van der Waals surface area contributed by atoms with E-state index in [0.717, 1.165) is 59.2 Å². The molecule has 0 bridgehead atoms. The molecule has 0 nitrogen and oxygen atoms in total. The summed E-state index contributed by atoms with van der Waals surface area (Å²) in [4.78, 5) is 0. The zero-order valence-corrected chi connectivity index (χ0v) is 64.1. The second-order valence-electron chi connectivity index (χ2n) is 36.2. The Morgan fingerprint density at radius 1 is 0.253 bits per heavy atom. The molecule has 3 atom stereocenters. The van der Waals surface area contributed by atoms with Crippen molar-refractivity contribution < 1.29 is 0 Å². The number of rotatable bonds is 10. The molecule has 0 N–H and O–H groups in total. The van der Waals surface area contributed by atoms with Gasteiger partial charge >= 0.3 is 0 Å². The summed E-state index contributed by atoms with van der Waals surface area (Å²) in [6, 6.07) is 0. The maximum Gasteiger partial charge on any atom is -0.0308 e. The maximum atomic E-state index is 2.34. The van der Waals surface area contributed by atoms with Crippen LogP contribution in [0.4, 0.5) is 0 Å². The van der Waals surface area contributed by atoms with Crippen LogP contribution in [0.25, 0.3) is 0 Å². The molecule has 0 spiro atoms. The highest BCUT2D eigenvalue weighted by Gasteiger charge is 2.31. The van der Waals surface area contributed by atoms with Crippen LogP contribution in [0.5, 0.6) is 0 Å². The van der Waals surface area contributed by atoms with Crippen molar-refractivity contribution in [2.45, 2.75) is 372 Å². The first-order valence-electron chi connectivity index (χ1n) is 32.1. The van der Waals surface area contributed by atoms with Gasteiger partial charge in [-0.1, -0.05) is 372 Å². The first-order valence-corrected chi connectivity index (χ1v) is 32.1. The molecule has 0 aliphatic rings. The molecule has 0 saturated heterocycles. The molecule has 0 fully saturated rings. The molecule has 0 saturated carbocycles. The summed E-state index contributed by atoms with van der Waals surface area (Å²) in [7, 11) is 0. The molecule has 1 unspecified atom stereocenters. The summed E-state index contributed by atoms with van der Waals surface area (Å²) in [5, 5.41) is 0. The van der Waals surface area contributed by atoms with E-state index in [4.69, 9.17) is 0 Å². The van der Waals surface area contributed by atoms with Crippen LogP contribution in [-0.2, 0) is 0 Å². The van der Waals surface area contributed by atoms with Gasteiger partial charge in [0.1, 0.15) is 0 Å². The average molecular weight is 1070 g/mol. The van der Waals surface area contributed by atoms with Crippen molar-refractivity contribution in [1.29, 1.82) is 0 Å². The minimum Gasteiger partial charge on any atom is -0.0651 e. The van der Waals surface area contributed by atoms with E-state index < -0.39 is 0 Å². The fourth-order valence-corrected chi connectivity index (χ4v) is 4.60. The molecule has 0 aliphatic carbocycles. The summed E-state index contributed by atoms with van der Waals surface area (Å²) in [5.74, 6) is 8.27. The molecular formula is C75H168. The molecule has 0 heteroatoms. The van der Waals surface area contributed by atoms with Crippen LogP contribution in [-0.4, -0.2) is 0 Å². The van der Waals surface area contributed by atoms with E-state index >= 15 is 0 Å². The molecular weight excluding hydrogens is 901 g/mol. The van der Waals surface area contributed by atoms with E-state index in [1.165, 1.54) is 25.7 Å². The molecule has 75 heavy (non-hydrogen) atoms. The predicted octanol–water partition coefficient (Wildman–Crippen LogP) is 28.4. The molecule has 0 aromatic heterocycles. The predicted molar refractivity (Wildman–Crippen MR) is 364 cm³/mol. The van der Waals surface area contributed by atoms with Crippen LogP contribution >= 0.6 is 0 Å². The van der Waals surface area contributed by atoms with Gasteiger partial charge in [0, 0.05) is 0 Å². The fraction of sp³-hybridized carbons (Fsp3) is 1.00. The van der Waals surface area contributed by atoms with Gasteiger partial charge in [-0.05, 0) is 119 Å². The largest absolute Gasteiger partial charge is 0.0651 e. The lowest BCUT2D eigenvalue weighted by atomic mass is 9.68. The quantitative estimate of drug-likeness (QED) is 0.205. The Morgan fingerprint density at radius 3 is 0.480 bits per heavy atom. The van der Waals surface area contributed by atoms with Gasteiger partial charge in [0.05, 0.1) is 0 Å². The van der Waals surface area contributed by atoms with Crippen LogP contribution in [0.3, 0.4) is 0 Å². The van der Waals surface area contributed by atoms with Crippen molar-refractivity contribution in [1.82, 2.24) is 0 Å². The lowest BCUT2D eigenvalue weighted by molar-refractivity contribution is 0.126. The van der Waals surface area contributed by atoms with Gasteiger partial charge in [-0.2, -0.15) is 0 Å². The van der Waals surface area contributed by atoms with Crippen molar-refractivity contribution in [3.63, 3.8) is 0 Å². The van der Waals surface area contributed by atoms with Crippen LogP contribution in [0.2, 0.25) is 0 Å². The maximum absolute atomic E-state index is 2.34. The van der Waals surface area contributed by atoms with Gasteiger partial charge in [0.15, 0.2) is 0 Å². The molecule has 468 valence electrons. The fourth-order valence-electron chi connectivity index (χ4n) is 4.60. The minimum atomic E-state index is 0.437. The van der Waals surface area contributed by atoms with Crippen molar-refractivity contribution in [3.8, 4) is 0 Å². The standard InChI is InChI=1S/3C9H20.6C8H18/c1-7-9(5,6)8(2,3)4;1-7(2)8(3)9(4,5)6;1-7(2)9(5,6)8(3)4;2*1-7(2,3)8(4,5)6;2*1-6-7(2)8(3,4)5;1-6-8(4,5)7(2)3;1-6(2)8(5)7(3)4/h7H2,1-6H3;2*7-8H,1-6H3;2*1-6H3;3*7H,6H2,1-5H3;6-8H,1-5H3/t;8-;;;;7-;;;/m.1...1.../s1. The molecule has 0 rings (SSSR count). The van der Waals surface area contributed by atoms with E-state index in [2.05, 4.69) is 346 Å². The Kier molecular flexibility index (Phi) is 49.6. The third kappa shape index (κ3) is 53.1. The first-order chi connectivity index (χ1) is 32.1. The molecule has 0 aromatic carbocycles. The SMILES string of the molecule is CC(C)(C)C(C)(C)C.CC(C)(C)C(C)(C)C.CC(C)C(C)(C)C(C)C.CC(C)C(C)C(C)C.CC(C)[C@@H](C)C(C)(C)C.CCC(C)(C)C(C)(C)C.CCC(C)(C)C(C)C.CCC(C)C(C)(C)C.CC[C@@H](C)C(C)(C)C. The monoisotopic (exact) mass is 1070 g/mol. The lowest BCUT2D eigenvalue weighted by Gasteiger charge is -2.37. The summed E-state index contributed by atoms with van der Waals surface area (Å²) in [6.45, 7) is 114. The Bertz CT molecular complexity index is 1140. The van der Waals surface area contributed by atoms with E-state index in [9.17, 15) is 0 Å². The summed E-state index contributed by atoms with van der Waals surface area (Å²) >= 11 is 0. The van der Waals surface area contributed by atoms with Gasteiger partial charge in [-0.15, -0.1) is 0 Å². The van der Waals surface area contributed by atoms with Crippen molar-refractivity contribution in [3.05, 3.63) is 0 Å². The average Bonchev–Trinajstić information content (AvgIpc) is 3.18. The van der Waals surface area contributed by atoms with Gasteiger partial charge < -0.3 is 0 Å². The number of hydrogen-bond acceptors (Lipinski definition) is 0. The third-order valence-corrected chi connectivity index (χ3v) is 21.5. The van der Waals surface area contributed by atoms with Crippen molar-refractivity contribution >= 4 is 0 Å². The highest BCUT2D eigenvalue weighted by molar-refractivity contribution is 4.81. The van der Waals surface area contributed by atoms with Gasteiger partial charge in [0.2, 0.25) is 0 Å². The Hall–Kier alpha value is 0. The summed E-state index contributed by atoms with van der Waals surface area (Å²) in [6.07, 6.45) is 5.13. The zero-order chi connectivity index (χ0) is 64.1. The second-order valence-corrected chi connectivity index (χ2v) is 36.2. The van der Waals surface area contributed by atoms with Gasteiger partial charge in [-0.3, -0.25) is 0 Å². The molecule has 0 heterocycles. The van der Waals surface area contributed by atoms with E-state index in [0.29, 0.717) is 59.6 Å². The van der Waals surface area contributed by atoms with Crippen LogP contribution in [0.15, 0.2) is 0 Å². The highest BCUT2D eigenvalue weighted by Crippen LogP contribution is 2.41. The zero-order valence-electron chi connectivity index (χ0n) is 64.1. The topological polar surface area (TPSA) is 0 Å². The lowest BCUT2D eigenvalue weighted by Crippen LogP contribution is -2.28. The van der Waals surface area contributed by atoms with Crippen molar-refractivity contribution in [2.24, 2.45) is 119 Å². The van der Waals surface area contributed by atoms with Gasteiger partial charge in [-0.25, -0.2) is 0 Å². The van der Waals surface area contributed by atoms with E-state index in [1.807, 2.05) is 0 Å². The Balaban J connectivity index is -0.0000000934. The van der Waals surface area contributed by atoms with Crippen LogP contribution in [0, 0.1) is 119 Å². The molecule has 0 aromatic rings. The van der Waals surface area contributed by atoms with Crippen molar-refractivity contribution in [2.75, 3.05) is 0 Å². The first kappa shape index (κ1) is 94.3. The highest BCUT2D eigenvalue weighted by atomic mass is 14.4. The molecule has 0 amide bonds. The van der Waals surface area contributed by atoms with E-state index in [1.54, 1.807) is 0 Å². The van der Waals surface area contributed by atoms with Crippen LogP contribution in [0.1, 0.15) is 372 Å². The van der Waals surface area contributed by atoms with Gasteiger partial charge in [0.25, 0.3) is 0 Å². The summed E-state index contributed by atoms with van der Waals surface area (Å²) < 4.78 is 0. The molecule has 0 aliphatic heterocycles. The normalized spacial score (nSPS) is 14.4. The second kappa shape index (κ2) is 39.4. The Labute approximate surface area is 488 Å². The molecule has 0 radical (unpaired) electrons. The minimum absolute atomic E-state index is 0.437. The third-order valence-electron chi connectivity index (χ3n) is 21.5. The Morgan fingerprint density at radius 2 is 0.480 bits per heavy atom. The summed E-state index contributed by atoms with van der Waals surface area (Å²) in [5.41, 5.74) is 5.21. The van der Waals surface area contributed by atoms with Crippen LogP contribution < -0.4 is 0 Å².